The third-order valence-electron chi connectivity index (χ3n) is 4.78. The van der Waals surface area contributed by atoms with Crippen LogP contribution in [0.15, 0.2) is 24.3 Å². The molecular weight excluding hydrogens is 364 g/mol. The molecule has 0 radical (unpaired) electrons. The lowest BCUT2D eigenvalue weighted by molar-refractivity contribution is -0.130. The topological polar surface area (TPSA) is 93.9 Å². The van der Waals surface area contributed by atoms with E-state index in [1.165, 1.54) is 0 Å². The average molecular weight is 387 g/mol. The number of benzene rings is 1. The number of nitrogens with zero attached hydrogens (tertiary/aromatic N) is 4. The molecule has 0 spiro atoms. The fourth-order valence-electron chi connectivity index (χ4n) is 3.18. The van der Waals surface area contributed by atoms with Crippen molar-refractivity contribution in [1.29, 1.82) is 5.26 Å². The Kier molecular flexibility index (Phi) is 5.78. The van der Waals surface area contributed by atoms with E-state index in [-0.39, 0.29) is 24.0 Å². The SMILES string of the molecule is CC(C)(CNc1nnc(Cl)c2ccccc12)NCC(=O)N1CCC[C@H]1C#N. The molecule has 7 nitrogen and oxygen atoms in total. The highest BCUT2D eigenvalue weighted by Gasteiger charge is 2.29. The molecule has 0 bridgehead atoms. The van der Waals surface area contributed by atoms with Crippen LogP contribution in [-0.2, 0) is 4.79 Å². The first-order chi connectivity index (χ1) is 12.9. The molecule has 1 aliphatic heterocycles. The van der Waals surface area contributed by atoms with Gasteiger partial charge in [0.05, 0.1) is 12.6 Å². The summed E-state index contributed by atoms with van der Waals surface area (Å²) in [4.78, 5) is 14.1. The summed E-state index contributed by atoms with van der Waals surface area (Å²) in [7, 11) is 0. The number of halogens is 1. The van der Waals surface area contributed by atoms with E-state index in [1.54, 1.807) is 4.90 Å². The van der Waals surface area contributed by atoms with Gasteiger partial charge in [0.15, 0.2) is 11.0 Å². The Morgan fingerprint density at radius 3 is 2.85 bits per heavy atom. The molecule has 0 saturated carbocycles. The number of hydrogen-bond donors (Lipinski definition) is 2. The third kappa shape index (κ3) is 4.46. The molecule has 8 heteroatoms. The smallest absolute Gasteiger partial charge is 0.237 e. The molecule has 2 heterocycles. The molecule has 0 unspecified atom stereocenters. The van der Waals surface area contributed by atoms with E-state index in [4.69, 9.17) is 16.9 Å². The van der Waals surface area contributed by atoms with Crippen molar-refractivity contribution < 1.29 is 4.79 Å². The molecule has 3 rings (SSSR count). The predicted octanol–water partition coefficient (Wildman–Crippen LogP) is 2.58. The summed E-state index contributed by atoms with van der Waals surface area (Å²) in [5.41, 5.74) is -0.361. The van der Waals surface area contributed by atoms with Gasteiger partial charge in [0.2, 0.25) is 5.91 Å². The maximum atomic E-state index is 12.4. The lowest BCUT2D eigenvalue weighted by Gasteiger charge is -2.28. The summed E-state index contributed by atoms with van der Waals surface area (Å²) in [5.74, 6) is 0.615. The fraction of sp³-hybridized carbons (Fsp3) is 0.474. The number of carbonyl (C=O) groups is 1. The normalized spacial score (nSPS) is 17.1. The number of amides is 1. The zero-order valence-electron chi connectivity index (χ0n) is 15.5. The molecule has 142 valence electrons. The van der Waals surface area contributed by atoms with Gasteiger partial charge in [0.1, 0.15) is 6.04 Å². The van der Waals surface area contributed by atoms with Gasteiger partial charge in [-0.1, -0.05) is 35.9 Å². The summed E-state index contributed by atoms with van der Waals surface area (Å²) in [6.07, 6.45) is 1.65. The molecule has 2 aromatic rings. The minimum atomic E-state index is -0.361. The van der Waals surface area contributed by atoms with E-state index in [0.717, 1.165) is 23.6 Å². The number of hydrogen-bond acceptors (Lipinski definition) is 6. The Hall–Kier alpha value is -2.43. The standard InChI is InChI=1S/C19H23ClN6O/c1-19(2,23-11-16(27)26-9-5-6-13(26)10-21)12-22-18-15-8-4-3-7-14(15)17(20)24-25-18/h3-4,7-8,13,23H,5-6,9,11-12H2,1-2H3,(H,22,25)/t13-/m0/s1. The van der Waals surface area contributed by atoms with Crippen LogP contribution >= 0.6 is 11.6 Å². The van der Waals surface area contributed by atoms with Crippen molar-refractivity contribution in [2.75, 3.05) is 25.0 Å². The second-order valence-electron chi connectivity index (χ2n) is 7.35. The number of carbonyl (C=O) groups excluding carboxylic acids is 1. The van der Waals surface area contributed by atoms with Gasteiger partial charge in [-0.05, 0) is 26.7 Å². The Morgan fingerprint density at radius 2 is 2.11 bits per heavy atom. The zero-order valence-corrected chi connectivity index (χ0v) is 16.3. The number of likely N-dealkylation sites (tertiary alicyclic amines) is 1. The van der Waals surface area contributed by atoms with Crippen molar-refractivity contribution in [1.82, 2.24) is 20.4 Å². The van der Waals surface area contributed by atoms with Crippen LogP contribution in [0.3, 0.4) is 0 Å². The van der Waals surface area contributed by atoms with Crippen molar-refractivity contribution in [3.05, 3.63) is 29.4 Å². The summed E-state index contributed by atoms with van der Waals surface area (Å²) in [6, 6.07) is 9.58. The third-order valence-corrected chi connectivity index (χ3v) is 5.06. The average Bonchev–Trinajstić information content (AvgIpc) is 3.15. The van der Waals surface area contributed by atoms with E-state index in [9.17, 15) is 4.79 Å². The van der Waals surface area contributed by atoms with Crippen LogP contribution in [0.2, 0.25) is 5.15 Å². The molecule has 1 atom stereocenters. The highest BCUT2D eigenvalue weighted by molar-refractivity contribution is 6.34. The molecule has 1 saturated heterocycles. The maximum absolute atomic E-state index is 12.4. The first-order valence-electron chi connectivity index (χ1n) is 9.00. The molecule has 1 aromatic heterocycles. The zero-order chi connectivity index (χ0) is 19.4. The van der Waals surface area contributed by atoms with Gasteiger partial charge in [-0.15, -0.1) is 10.2 Å². The second kappa shape index (κ2) is 8.07. The number of rotatable bonds is 6. The largest absolute Gasteiger partial charge is 0.366 e. The fourth-order valence-corrected chi connectivity index (χ4v) is 3.39. The highest BCUT2D eigenvalue weighted by Crippen LogP contribution is 2.25. The molecule has 1 fully saturated rings. The Bertz CT molecular complexity index is 878. The van der Waals surface area contributed by atoms with Gasteiger partial charge in [0.25, 0.3) is 0 Å². The van der Waals surface area contributed by atoms with Crippen LogP contribution in [0.4, 0.5) is 5.82 Å². The lowest BCUT2D eigenvalue weighted by atomic mass is 10.1. The van der Waals surface area contributed by atoms with Gasteiger partial charge >= 0.3 is 0 Å². The number of nitriles is 1. The molecule has 1 aromatic carbocycles. The van der Waals surface area contributed by atoms with Gasteiger partial charge in [-0.2, -0.15) is 5.26 Å². The molecule has 27 heavy (non-hydrogen) atoms. The highest BCUT2D eigenvalue weighted by atomic mass is 35.5. The first-order valence-corrected chi connectivity index (χ1v) is 9.38. The molecule has 2 N–H and O–H groups in total. The van der Waals surface area contributed by atoms with Crippen LogP contribution in [0, 0.1) is 11.3 Å². The lowest BCUT2D eigenvalue weighted by Crippen LogP contribution is -2.50. The van der Waals surface area contributed by atoms with Crippen molar-refractivity contribution in [3.63, 3.8) is 0 Å². The summed E-state index contributed by atoms with van der Waals surface area (Å²) in [6.45, 7) is 5.40. The first kappa shape index (κ1) is 19.3. The van der Waals surface area contributed by atoms with Crippen LogP contribution in [0.25, 0.3) is 10.8 Å². The van der Waals surface area contributed by atoms with Crippen LogP contribution in [0.5, 0.6) is 0 Å². The molecule has 1 amide bonds. The van der Waals surface area contributed by atoms with Crippen LogP contribution in [-0.4, -0.2) is 52.2 Å². The minimum absolute atomic E-state index is 0.0381. The van der Waals surface area contributed by atoms with E-state index in [0.29, 0.717) is 24.1 Å². The van der Waals surface area contributed by atoms with E-state index in [2.05, 4.69) is 26.9 Å². The van der Waals surface area contributed by atoms with Crippen LogP contribution in [0.1, 0.15) is 26.7 Å². The van der Waals surface area contributed by atoms with Crippen molar-refractivity contribution in [2.24, 2.45) is 0 Å². The number of fused-ring (bicyclic) bond motifs is 1. The van der Waals surface area contributed by atoms with Crippen LogP contribution < -0.4 is 10.6 Å². The Balaban J connectivity index is 1.60. The number of anilines is 1. The minimum Gasteiger partial charge on any atom is -0.366 e. The monoisotopic (exact) mass is 386 g/mol. The predicted molar refractivity (Wildman–Crippen MR) is 105 cm³/mol. The van der Waals surface area contributed by atoms with Crippen molar-refractivity contribution >= 4 is 34.1 Å². The second-order valence-corrected chi connectivity index (χ2v) is 7.71. The van der Waals surface area contributed by atoms with E-state index in [1.807, 2.05) is 38.1 Å². The maximum Gasteiger partial charge on any atom is 0.237 e. The molecule has 0 aliphatic carbocycles. The van der Waals surface area contributed by atoms with Gasteiger partial charge < -0.3 is 15.5 Å². The number of nitrogens with one attached hydrogen (secondary N) is 2. The number of aromatic nitrogens is 2. The van der Waals surface area contributed by atoms with Gasteiger partial charge in [-0.25, -0.2) is 0 Å². The van der Waals surface area contributed by atoms with Crippen molar-refractivity contribution in [3.8, 4) is 6.07 Å². The summed E-state index contributed by atoms with van der Waals surface area (Å²) < 4.78 is 0. The Labute approximate surface area is 163 Å². The summed E-state index contributed by atoms with van der Waals surface area (Å²) >= 11 is 6.11. The Morgan fingerprint density at radius 1 is 1.37 bits per heavy atom. The molecule has 1 aliphatic rings. The quantitative estimate of drug-likeness (QED) is 0.792. The van der Waals surface area contributed by atoms with Gasteiger partial charge in [-0.3, -0.25) is 4.79 Å². The van der Waals surface area contributed by atoms with E-state index < -0.39 is 0 Å². The van der Waals surface area contributed by atoms with Crippen molar-refractivity contribution in [2.45, 2.75) is 38.3 Å². The molecular formula is C19H23ClN6O. The van der Waals surface area contributed by atoms with E-state index >= 15 is 0 Å². The summed E-state index contributed by atoms with van der Waals surface area (Å²) in [5, 5.41) is 26.0. The van der Waals surface area contributed by atoms with Gasteiger partial charge in [0, 0.05) is 29.4 Å².